The molecule has 5 heteroatoms. The predicted molar refractivity (Wildman–Crippen MR) is 90.4 cm³/mol. The van der Waals surface area contributed by atoms with Gasteiger partial charge in [0, 0.05) is 23.0 Å². The van der Waals surface area contributed by atoms with E-state index in [4.69, 9.17) is 0 Å². The third-order valence-electron chi connectivity index (χ3n) is 4.33. The number of carbonyl (C=O) groups excluding carboxylic acids is 1. The van der Waals surface area contributed by atoms with E-state index in [2.05, 4.69) is 42.9 Å². The summed E-state index contributed by atoms with van der Waals surface area (Å²) in [6, 6.07) is 8.62. The maximum atomic E-state index is 12.0. The summed E-state index contributed by atoms with van der Waals surface area (Å²) in [4.78, 5) is 16.3. The molecule has 0 spiro atoms. The maximum absolute atomic E-state index is 12.0. The minimum atomic E-state index is 0.130. The fourth-order valence-electron chi connectivity index (χ4n) is 3.21. The van der Waals surface area contributed by atoms with Gasteiger partial charge in [-0.25, -0.2) is 4.98 Å². The quantitative estimate of drug-likeness (QED) is 0.900. The van der Waals surface area contributed by atoms with Crippen molar-refractivity contribution >= 4 is 21.8 Å². The van der Waals surface area contributed by atoms with Crippen LogP contribution in [0.4, 0.5) is 0 Å². The van der Waals surface area contributed by atoms with Gasteiger partial charge in [-0.3, -0.25) is 4.79 Å². The van der Waals surface area contributed by atoms with Gasteiger partial charge in [0.25, 0.3) is 0 Å². The molecule has 116 valence electrons. The van der Waals surface area contributed by atoms with Crippen LogP contribution in [0, 0.1) is 5.92 Å². The molecule has 1 aromatic heterocycles. The first kappa shape index (κ1) is 15.3. The molecule has 1 amide bonds. The number of benzene rings is 1. The molecule has 0 aliphatic heterocycles. The smallest absolute Gasteiger partial charge is 0.223 e. The van der Waals surface area contributed by atoms with Crippen LogP contribution in [0.5, 0.6) is 0 Å². The van der Waals surface area contributed by atoms with Crippen LogP contribution in [0.2, 0.25) is 0 Å². The lowest BCUT2D eigenvalue weighted by Crippen LogP contribution is -2.29. The second-order valence-electron chi connectivity index (χ2n) is 5.75. The van der Waals surface area contributed by atoms with Crippen LogP contribution in [0.3, 0.4) is 0 Å². The molecule has 1 fully saturated rings. The largest absolute Gasteiger partial charge is 0.356 e. The summed E-state index contributed by atoms with van der Waals surface area (Å²) in [5.74, 6) is 0.320. The fraction of sp³-hybridized carbons (Fsp3) is 0.412. The van der Waals surface area contributed by atoms with Crippen molar-refractivity contribution in [1.29, 1.82) is 0 Å². The van der Waals surface area contributed by atoms with Crippen molar-refractivity contribution in [3.63, 3.8) is 0 Å². The van der Waals surface area contributed by atoms with Crippen LogP contribution in [-0.2, 0) is 4.79 Å². The SMILES string of the molecule is CCNC(=O)C1CCC(n2cncc2-c2ccc(Br)cc2)C1. The monoisotopic (exact) mass is 361 g/mol. The molecule has 3 rings (SSSR count). The number of halogens is 1. The first-order chi connectivity index (χ1) is 10.7. The van der Waals surface area contributed by atoms with Gasteiger partial charge in [-0.1, -0.05) is 28.1 Å². The van der Waals surface area contributed by atoms with Crippen LogP contribution >= 0.6 is 15.9 Å². The van der Waals surface area contributed by atoms with Gasteiger partial charge in [0.2, 0.25) is 5.91 Å². The molecule has 4 nitrogen and oxygen atoms in total. The van der Waals surface area contributed by atoms with Gasteiger partial charge >= 0.3 is 0 Å². The maximum Gasteiger partial charge on any atom is 0.223 e. The van der Waals surface area contributed by atoms with Gasteiger partial charge in [-0.15, -0.1) is 0 Å². The minimum Gasteiger partial charge on any atom is -0.356 e. The number of amides is 1. The Morgan fingerprint density at radius 3 is 2.86 bits per heavy atom. The highest BCUT2D eigenvalue weighted by molar-refractivity contribution is 9.10. The molecular weight excluding hydrogens is 342 g/mol. The summed E-state index contributed by atoms with van der Waals surface area (Å²) < 4.78 is 3.29. The summed E-state index contributed by atoms with van der Waals surface area (Å²) in [5.41, 5.74) is 2.27. The summed E-state index contributed by atoms with van der Waals surface area (Å²) in [5, 5.41) is 2.94. The highest BCUT2D eigenvalue weighted by Gasteiger charge is 2.31. The highest BCUT2D eigenvalue weighted by atomic mass is 79.9. The summed E-state index contributed by atoms with van der Waals surface area (Å²) >= 11 is 3.47. The van der Waals surface area contributed by atoms with Crippen LogP contribution in [-0.4, -0.2) is 22.0 Å². The molecule has 0 radical (unpaired) electrons. The van der Waals surface area contributed by atoms with Crippen LogP contribution in [0.1, 0.15) is 32.2 Å². The van der Waals surface area contributed by atoms with Crippen molar-refractivity contribution in [3.8, 4) is 11.3 Å². The first-order valence-corrected chi connectivity index (χ1v) is 8.53. The number of hydrogen-bond donors (Lipinski definition) is 1. The normalized spacial score (nSPS) is 21.0. The molecule has 1 aliphatic carbocycles. The average Bonchev–Trinajstić information content (AvgIpc) is 3.17. The number of imidazole rings is 1. The number of hydrogen-bond acceptors (Lipinski definition) is 2. The Bertz CT molecular complexity index is 650. The van der Waals surface area contributed by atoms with Gasteiger partial charge in [-0.2, -0.15) is 0 Å². The average molecular weight is 362 g/mol. The summed E-state index contributed by atoms with van der Waals surface area (Å²) in [6.45, 7) is 2.67. The first-order valence-electron chi connectivity index (χ1n) is 7.74. The predicted octanol–water partition coefficient (Wildman–Crippen LogP) is 3.79. The zero-order valence-corrected chi connectivity index (χ0v) is 14.2. The Kier molecular flexibility index (Phi) is 4.62. The molecule has 2 aromatic rings. The van der Waals surface area contributed by atoms with E-state index in [1.54, 1.807) is 0 Å². The molecule has 2 unspecified atom stereocenters. The van der Waals surface area contributed by atoms with Crippen LogP contribution in [0.25, 0.3) is 11.3 Å². The number of nitrogens with one attached hydrogen (secondary N) is 1. The van der Waals surface area contributed by atoms with Crippen molar-refractivity contribution in [2.75, 3.05) is 6.54 Å². The minimum absolute atomic E-state index is 0.130. The molecule has 0 bridgehead atoms. The Labute approximate surface area is 139 Å². The standard InChI is InChI=1S/C17H20BrN3O/c1-2-20-17(22)13-5-8-15(9-13)21-11-19-10-16(21)12-3-6-14(18)7-4-12/h3-4,6-7,10-11,13,15H,2,5,8-9H2,1H3,(H,20,22). The molecule has 22 heavy (non-hydrogen) atoms. The second kappa shape index (κ2) is 6.65. The van der Waals surface area contributed by atoms with Crippen molar-refractivity contribution in [2.45, 2.75) is 32.2 Å². The van der Waals surface area contributed by atoms with Crippen molar-refractivity contribution in [1.82, 2.24) is 14.9 Å². The van der Waals surface area contributed by atoms with Gasteiger partial charge in [0.1, 0.15) is 0 Å². The number of aromatic nitrogens is 2. The second-order valence-corrected chi connectivity index (χ2v) is 6.67. The Morgan fingerprint density at radius 2 is 2.14 bits per heavy atom. The molecule has 1 aliphatic rings. The van der Waals surface area contributed by atoms with E-state index in [1.165, 1.54) is 0 Å². The topological polar surface area (TPSA) is 46.9 Å². The third kappa shape index (κ3) is 3.09. The van der Waals surface area contributed by atoms with Crippen LogP contribution < -0.4 is 5.32 Å². The molecule has 1 saturated carbocycles. The summed E-state index contributed by atoms with van der Waals surface area (Å²) in [7, 11) is 0. The van der Waals surface area contributed by atoms with E-state index in [9.17, 15) is 4.79 Å². The van der Waals surface area contributed by atoms with Crippen molar-refractivity contribution < 1.29 is 4.79 Å². The molecule has 1 aromatic carbocycles. The summed E-state index contributed by atoms with van der Waals surface area (Å²) in [6.07, 6.45) is 6.67. The Hall–Kier alpha value is -1.62. The van der Waals surface area contributed by atoms with E-state index in [0.717, 1.165) is 35.0 Å². The van der Waals surface area contributed by atoms with E-state index in [0.29, 0.717) is 12.6 Å². The third-order valence-corrected chi connectivity index (χ3v) is 4.85. The Morgan fingerprint density at radius 1 is 1.36 bits per heavy atom. The van der Waals surface area contributed by atoms with E-state index >= 15 is 0 Å². The van der Waals surface area contributed by atoms with E-state index < -0.39 is 0 Å². The van der Waals surface area contributed by atoms with E-state index in [1.807, 2.05) is 31.6 Å². The number of nitrogens with zero attached hydrogens (tertiary/aromatic N) is 2. The van der Waals surface area contributed by atoms with Gasteiger partial charge in [0.05, 0.1) is 18.2 Å². The lowest BCUT2D eigenvalue weighted by Gasteiger charge is -2.16. The van der Waals surface area contributed by atoms with Gasteiger partial charge in [0.15, 0.2) is 0 Å². The molecule has 1 heterocycles. The lowest BCUT2D eigenvalue weighted by atomic mass is 10.1. The molecule has 0 saturated heterocycles. The number of rotatable bonds is 4. The zero-order valence-electron chi connectivity index (χ0n) is 12.6. The zero-order chi connectivity index (χ0) is 15.5. The Balaban J connectivity index is 1.78. The fourth-order valence-corrected chi connectivity index (χ4v) is 3.47. The number of carbonyl (C=O) groups is 1. The van der Waals surface area contributed by atoms with Gasteiger partial charge in [-0.05, 0) is 43.9 Å². The molecule has 1 N–H and O–H groups in total. The van der Waals surface area contributed by atoms with Crippen LogP contribution in [0.15, 0.2) is 41.3 Å². The van der Waals surface area contributed by atoms with Crippen molar-refractivity contribution in [2.24, 2.45) is 5.92 Å². The van der Waals surface area contributed by atoms with Crippen molar-refractivity contribution in [3.05, 3.63) is 41.3 Å². The van der Waals surface area contributed by atoms with Gasteiger partial charge < -0.3 is 9.88 Å². The van der Waals surface area contributed by atoms with E-state index in [-0.39, 0.29) is 11.8 Å². The lowest BCUT2D eigenvalue weighted by molar-refractivity contribution is -0.124. The highest BCUT2D eigenvalue weighted by Crippen LogP contribution is 2.37. The molecule has 2 atom stereocenters. The molecular formula is C17H20BrN3O.